The maximum Gasteiger partial charge on any atom is 0.272 e. The zero-order chi connectivity index (χ0) is 17.7. The van der Waals surface area contributed by atoms with E-state index in [2.05, 4.69) is 15.3 Å². The van der Waals surface area contributed by atoms with Crippen molar-refractivity contribution < 1.29 is 13.9 Å². The number of anilines is 1. The fraction of sp³-hybridized carbons (Fsp3) is 0.200. The van der Waals surface area contributed by atoms with Crippen LogP contribution in [-0.2, 0) is 0 Å². The van der Waals surface area contributed by atoms with Gasteiger partial charge in [0.05, 0.1) is 7.11 Å². The molecule has 130 valence electrons. The molecule has 0 bridgehead atoms. The first-order valence-corrected chi connectivity index (χ1v) is 8.58. The zero-order valence-electron chi connectivity index (χ0n) is 14.2. The highest BCUT2D eigenvalue weighted by Gasteiger charge is 2.28. The molecule has 2 aromatic carbocycles. The van der Waals surface area contributed by atoms with E-state index in [4.69, 9.17) is 9.15 Å². The summed E-state index contributed by atoms with van der Waals surface area (Å²) in [6, 6.07) is 13.0. The Morgan fingerprint density at radius 3 is 2.92 bits per heavy atom. The van der Waals surface area contributed by atoms with Gasteiger partial charge in [-0.15, -0.1) is 0 Å². The summed E-state index contributed by atoms with van der Waals surface area (Å²) in [7, 11) is 1.62. The van der Waals surface area contributed by atoms with Gasteiger partial charge in [-0.1, -0.05) is 0 Å². The summed E-state index contributed by atoms with van der Waals surface area (Å²) in [5.41, 5.74) is 3.56. The number of aromatic nitrogens is 2. The highest BCUT2D eigenvalue weighted by Crippen LogP contribution is 2.40. The molecule has 6 heteroatoms. The molecule has 1 aliphatic rings. The van der Waals surface area contributed by atoms with E-state index >= 15 is 0 Å². The van der Waals surface area contributed by atoms with Crippen LogP contribution in [0.4, 0.5) is 5.69 Å². The summed E-state index contributed by atoms with van der Waals surface area (Å²) in [4.78, 5) is 20.2. The van der Waals surface area contributed by atoms with Crippen LogP contribution in [0.2, 0.25) is 0 Å². The second-order valence-electron chi connectivity index (χ2n) is 6.60. The second kappa shape index (κ2) is 5.62. The third-order valence-corrected chi connectivity index (χ3v) is 4.66. The van der Waals surface area contributed by atoms with E-state index in [0.29, 0.717) is 17.3 Å². The van der Waals surface area contributed by atoms with Crippen LogP contribution in [-0.4, -0.2) is 23.0 Å². The predicted octanol–water partition coefficient (Wildman–Crippen LogP) is 4.45. The molecule has 0 radical (unpaired) electrons. The number of oxazole rings is 1. The van der Waals surface area contributed by atoms with Crippen molar-refractivity contribution in [3.8, 4) is 5.75 Å². The van der Waals surface area contributed by atoms with Crippen molar-refractivity contribution in [2.75, 3.05) is 12.4 Å². The Bertz CT molecular complexity index is 1140. The fourth-order valence-electron chi connectivity index (χ4n) is 3.08. The molecule has 6 nitrogen and oxygen atoms in total. The number of fused-ring (bicyclic) bond motifs is 2. The van der Waals surface area contributed by atoms with Crippen molar-refractivity contribution in [3.63, 3.8) is 0 Å². The van der Waals surface area contributed by atoms with E-state index in [0.717, 1.165) is 46.5 Å². The lowest BCUT2D eigenvalue weighted by molar-refractivity contribution is 0.102. The molecule has 2 N–H and O–H groups in total. The third-order valence-electron chi connectivity index (χ3n) is 4.66. The predicted molar refractivity (Wildman–Crippen MR) is 98.8 cm³/mol. The van der Waals surface area contributed by atoms with Gasteiger partial charge < -0.3 is 19.5 Å². The number of rotatable bonds is 4. The lowest BCUT2D eigenvalue weighted by atomic mass is 10.2. The SMILES string of the molecule is COc1ccc2cc(C(=O)Nc3ccc4oc(C5CC5)nc4c3)[nH]c2c1. The van der Waals surface area contributed by atoms with E-state index in [1.165, 1.54) is 0 Å². The molecular formula is C20H17N3O3. The minimum absolute atomic E-state index is 0.203. The number of aromatic amines is 1. The number of carbonyl (C=O) groups excluding carboxylic acids is 1. The van der Waals surface area contributed by atoms with Crippen LogP contribution in [0.25, 0.3) is 22.0 Å². The number of hydrogen-bond acceptors (Lipinski definition) is 4. The molecule has 4 aromatic rings. The first-order chi connectivity index (χ1) is 12.7. The Morgan fingerprint density at radius 2 is 2.12 bits per heavy atom. The van der Waals surface area contributed by atoms with Gasteiger partial charge in [0.2, 0.25) is 0 Å². The zero-order valence-corrected chi connectivity index (χ0v) is 14.2. The van der Waals surface area contributed by atoms with Gasteiger partial charge >= 0.3 is 0 Å². The van der Waals surface area contributed by atoms with Crippen molar-refractivity contribution in [3.05, 3.63) is 54.0 Å². The molecule has 0 saturated heterocycles. The number of carbonyl (C=O) groups is 1. The summed E-state index contributed by atoms with van der Waals surface area (Å²) in [6.07, 6.45) is 2.28. The maximum absolute atomic E-state index is 12.6. The van der Waals surface area contributed by atoms with Crippen molar-refractivity contribution in [2.24, 2.45) is 0 Å². The monoisotopic (exact) mass is 347 g/mol. The summed E-state index contributed by atoms with van der Waals surface area (Å²) in [6.45, 7) is 0. The number of nitrogens with zero attached hydrogens (tertiary/aromatic N) is 1. The summed E-state index contributed by atoms with van der Waals surface area (Å²) in [5.74, 6) is 1.80. The van der Waals surface area contributed by atoms with E-state index in [1.54, 1.807) is 7.11 Å². The molecular weight excluding hydrogens is 330 g/mol. The number of ether oxygens (including phenoxy) is 1. The van der Waals surface area contributed by atoms with Gasteiger partial charge in [-0.25, -0.2) is 4.98 Å². The normalized spacial score (nSPS) is 14.0. The second-order valence-corrected chi connectivity index (χ2v) is 6.60. The molecule has 2 heterocycles. The van der Waals surface area contributed by atoms with Crippen LogP contribution >= 0.6 is 0 Å². The Balaban J connectivity index is 1.41. The Hall–Kier alpha value is -3.28. The quantitative estimate of drug-likeness (QED) is 0.572. The highest BCUT2D eigenvalue weighted by molar-refractivity contribution is 6.06. The van der Waals surface area contributed by atoms with Crippen molar-refractivity contribution in [1.29, 1.82) is 0 Å². The highest BCUT2D eigenvalue weighted by atomic mass is 16.5. The first-order valence-electron chi connectivity index (χ1n) is 8.58. The van der Waals surface area contributed by atoms with Gasteiger partial charge in [0.25, 0.3) is 5.91 Å². The molecule has 5 rings (SSSR count). The van der Waals surface area contributed by atoms with Gasteiger partial charge in [-0.05, 0) is 49.2 Å². The summed E-state index contributed by atoms with van der Waals surface area (Å²) in [5, 5.41) is 3.87. The molecule has 0 atom stereocenters. The maximum atomic E-state index is 12.6. The van der Waals surface area contributed by atoms with Crippen LogP contribution in [0.3, 0.4) is 0 Å². The minimum atomic E-state index is -0.203. The molecule has 26 heavy (non-hydrogen) atoms. The Kier molecular flexibility index (Phi) is 3.25. The fourth-order valence-corrected chi connectivity index (χ4v) is 3.08. The van der Waals surface area contributed by atoms with Crippen molar-refractivity contribution >= 4 is 33.6 Å². The molecule has 1 aliphatic carbocycles. The average Bonchev–Trinajstić information content (AvgIpc) is 3.27. The smallest absolute Gasteiger partial charge is 0.272 e. The first kappa shape index (κ1) is 15.0. The number of amides is 1. The molecule has 0 aliphatic heterocycles. The summed E-state index contributed by atoms with van der Waals surface area (Å²) < 4.78 is 11.0. The number of hydrogen-bond donors (Lipinski definition) is 2. The molecule has 0 spiro atoms. The van der Waals surface area contributed by atoms with E-state index in [1.807, 2.05) is 42.5 Å². The van der Waals surface area contributed by atoms with Crippen LogP contribution < -0.4 is 10.1 Å². The van der Waals surface area contributed by atoms with E-state index < -0.39 is 0 Å². The number of methoxy groups -OCH3 is 1. The van der Waals surface area contributed by atoms with E-state index in [9.17, 15) is 4.79 Å². The Morgan fingerprint density at radius 1 is 1.23 bits per heavy atom. The van der Waals surface area contributed by atoms with Gasteiger partial charge in [-0.2, -0.15) is 0 Å². The van der Waals surface area contributed by atoms with Crippen LogP contribution in [0.1, 0.15) is 35.1 Å². The number of nitrogens with one attached hydrogen (secondary N) is 2. The number of benzene rings is 2. The molecule has 2 aromatic heterocycles. The van der Waals surface area contributed by atoms with Gasteiger partial charge in [0.15, 0.2) is 11.5 Å². The van der Waals surface area contributed by atoms with Crippen LogP contribution in [0, 0.1) is 0 Å². The largest absolute Gasteiger partial charge is 0.497 e. The molecule has 0 unspecified atom stereocenters. The topological polar surface area (TPSA) is 80.2 Å². The lowest BCUT2D eigenvalue weighted by Crippen LogP contribution is -2.12. The average molecular weight is 347 g/mol. The molecule has 1 fully saturated rings. The number of H-pyrrole nitrogens is 1. The van der Waals surface area contributed by atoms with Gasteiger partial charge in [-0.3, -0.25) is 4.79 Å². The van der Waals surface area contributed by atoms with E-state index in [-0.39, 0.29) is 5.91 Å². The molecule has 1 saturated carbocycles. The molecule has 1 amide bonds. The van der Waals surface area contributed by atoms with Crippen LogP contribution in [0.5, 0.6) is 5.75 Å². The van der Waals surface area contributed by atoms with Crippen LogP contribution in [0.15, 0.2) is 46.9 Å². The summed E-state index contributed by atoms with van der Waals surface area (Å²) >= 11 is 0. The standard InChI is InChI=1S/C20H17N3O3/c1-25-14-6-4-12-8-17(22-15(12)10-14)19(24)21-13-5-7-18-16(9-13)23-20(26-18)11-2-3-11/h4-11,22H,2-3H2,1H3,(H,21,24). The van der Waals surface area contributed by atoms with Gasteiger partial charge in [0.1, 0.15) is 17.0 Å². The minimum Gasteiger partial charge on any atom is -0.497 e. The lowest BCUT2D eigenvalue weighted by Gasteiger charge is -2.03. The van der Waals surface area contributed by atoms with Gasteiger partial charge in [0, 0.05) is 28.6 Å². The van der Waals surface area contributed by atoms with Crippen molar-refractivity contribution in [2.45, 2.75) is 18.8 Å². The van der Waals surface area contributed by atoms with Crippen molar-refractivity contribution in [1.82, 2.24) is 9.97 Å². The third kappa shape index (κ3) is 2.60. The Labute approximate surface area is 149 Å².